The molecule has 0 bridgehead atoms. The van der Waals surface area contributed by atoms with Gasteiger partial charge in [-0.25, -0.2) is 0 Å². The summed E-state index contributed by atoms with van der Waals surface area (Å²) >= 11 is 0. The van der Waals surface area contributed by atoms with Gasteiger partial charge >= 0.3 is 5.97 Å². The van der Waals surface area contributed by atoms with Gasteiger partial charge in [0.1, 0.15) is 0 Å². The first-order valence-corrected chi connectivity index (χ1v) is 7.02. The first kappa shape index (κ1) is 13.2. The van der Waals surface area contributed by atoms with E-state index in [-0.39, 0.29) is 12.0 Å². The molecule has 1 aromatic carbocycles. The van der Waals surface area contributed by atoms with Crippen molar-refractivity contribution in [1.82, 2.24) is 5.32 Å². The number of carboxylic acids is 1. The fourth-order valence-electron chi connectivity index (χ4n) is 2.93. The third-order valence-corrected chi connectivity index (χ3v) is 4.06. The molecule has 5 nitrogen and oxygen atoms in total. The Bertz CT molecular complexity index is 529. The third kappa shape index (κ3) is 2.33. The van der Waals surface area contributed by atoms with E-state index in [4.69, 9.17) is 14.6 Å². The highest BCUT2D eigenvalue weighted by molar-refractivity contribution is 5.71. The molecule has 5 heteroatoms. The lowest BCUT2D eigenvalue weighted by Crippen LogP contribution is -2.17. The number of nitrogens with one attached hydrogen (secondary N) is 1. The van der Waals surface area contributed by atoms with Crippen LogP contribution >= 0.6 is 0 Å². The highest BCUT2D eigenvalue weighted by Gasteiger charge is 2.32. The molecule has 0 amide bonds. The quantitative estimate of drug-likeness (QED) is 0.864. The number of benzene rings is 1. The van der Waals surface area contributed by atoms with Gasteiger partial charge in [0.05, 0.1) is 19.1 Å². The molecule has 2 N–H and O–H groups in total. The topological polar surface area (TPSA) is 67.8 Å². The molecule has 2 aliphatic rings. The predicted molar refractivity (Wildman–Crippen MR) is 73.3 cm³/mol. The van der Waals surface area contributed by atoms with Crippen molar-refractivity contribution in [3.63, 3.8) is 0 Å². The maximum Gasteiger partial charge on any atom is 0.307 e. The van der Waals surface area contributed by atoms with Crippen LogP contribution in [-0.2, 0) is 4.79 Å². The van der Waals surface area contributed by atoms with E-state index in [0.717, 1.165) is 29.0 Å². The number of fused-ring (bicyclic) bond motifs is 1. The van der Waals surface area contributed by atoms with Crippen LogP contribution in [0.1, 0.15) is 30.0 Å². The van der Waals surface area contributed by atoms with Crippen LogP contribution in [0.5, 0.6) is 11.5 Å². The lowest BCUT2D eigenvalue weighted by molar-refractivity contribution is -0.141. The highest BCUT2D eigenvalue weighted by atomic mass is 16.5. The van der Waals surface area contributed by atoms with Crippen molar-refractivity contribution in [2.45, 2.75) is 25.8 Å². The molecule has 2 heterocycles. The van der Waals surface area contributed by atoms with Crippen LogP contribution in [-0.4, -0.2) is 30.8 Å². The summed E-state index contributed by atoms with van der Waals surface area (Å²) in [4.78, 5) is 11.1. The molecule has 1 aromatic rings. The molecule has 0 aliphatic carbocycles. The molecular weight excluding hydrogens is 258 g/mol. The average Bonchev–Trinajstić information content (AvgIpc) is 2.78. The molecule has 2 unspecified atom stereocenters. The molecule has 1 saturated heterocycles. The van der Waals surface area contributed by atoms with Crippen LogP contribution in [0, 0.1) is 12.8 Å². The maximum atomic E-state index is 11.1. The standard InChI is InChI=1S/C15H19NO4/c1-9-11(12-7-10(8-16-12)15(17)18)3-4-13-14(9)20-6-2-5-19-13/h3-4,10,12,16H,2,5-8H2,1H3,(H,17,18). The average molecular weight is 277 g/mol. The molecule has 2 aliphatic heterocycles. The number of hydrogen-bond acceptors (Lipinski definition) is 4. The van der Waals surface area contributed by atoms with Crippen LogP contribution in [0.3, 0.4) is 0 Å². The van der Waals surface area contributed by atoms with E-state index >= 15 is 0 Å². The first-order valence-electron chi connectivity index (χ1n) is 7.02. The minimum Gasteiger partial charge on any atom is -0.490 e. The molecule has 0 radical (unpaired) electrons. The zero-order valence-corrected chi connectivity index (χ0v) is 11.5. The van der Waals surface area contributed by atoms with Gasteiger partial charge in [-0.1, -0.05) is 6.07 Å². The Morgan fingerprint density at radius 2 is 2.15 bits per heavy atom. The van der Waals surface area contributed by atoms with E-state index in [1.165, 1.54) is 0 Å². The Morgan fingerprint density at radius 3 is 2.90 bits per heavy atom. The van der Waals surface area contributed by atoms with Crippen LogP contribution < -0.4 is 14.8 Å². The van der Waals surface area contributed by atoms with Crippen LogP contribution in [0.4, 0.5) is 0 Å². The monoisotopic (exact) mass is 277 g/mol. The fraction of sp³-hybridized carbons (Fsp3) is 0.533. The molecule has 0 saturated carbocycles. The van der Waals surface area contributed by atoms with Crippen LogP contribution in [0.15, 0.2) is 12.1 Å². The van der Waals surface area contributed by atoms with E-state index in [1.807, 2.05) is 19.1 Å². The summed E-state index contributed by atoms with van der Waals surface area (Å²) in [5.74, 6) is 0.555. The van der Waals surface area contributed by atoms with Crippen molar-refractivity contribution in [1.29, 1.82) is 0 Å². The summed E-state index contributed by atoms with van der Waals surface area (Å²) in [5.41, 5.74) is 2.16. The Kier molecular flexibility index (Phi) is 3.53. The van der Waals surface area contributed by atoms with Crippen molar-refractivity contribution >= 4 is 5.97 Å². The first-order chi connectivity index (χ1) is 9.66. The Hall–Kier alpha value is -1.75. The van der Waals surface area contributed by atoms with Gasteiger partial charge in [-0.15, -0.1) is 0 Å². The summed E-state index contributed by atoms with van der Waals surface area (Å²) in [5, 5.41) is 12.4. The van der Waals surface area contributed by atoms with Gasteiger partial charge < -0.3 is 19.9 Å². The largest absolute Gasteiger partial charge is 0.490 e. The van der Waals surface area contributed by atoms with Crippen molar-refractivity contribution < 1.29 is 19.4 Å². The second-order valence-corrected chi connectivity index (χ2v) is 5.39. The Labute approximate surface area is 117 Å². The van der Waals surface area contributed by atoms with E-state index in [9.17, 15) is 4.79 Å². The van der Waals surface area contributed by atoms with Crippen molar-refractivity contribution in [3.8, 4) is 11.5 Å². The predicted octanol–water partition coefficient (Wildman–Crippen LogP) is 1.89. The smallest absolute Gasteiger partial charge is 0.307 e. The van der Waals surface area contributed by atoms with E-state index in [0.29, 0.717) is 26.2 Å². The molecule has 0 spiro atoms. The summed E-state index contributed by atoms with van der Waals surface area (Å²) in [7, 11) is 0. The molecule has 108 valence electrons. The SMILES string of the molecule is Cc1c(C2CC(C(=O)O)CN2)ccc2c1OCCCO2. The number of hydrogen-bond donors (Lipinski definition) is 2. The summed E-state index contributed by atoms with van der Waals surface area (Å²) in [6, 6.07) is 4.03. The zero-order valence-electron chi connectivity index (χ0n) is 11.5. The van der Waals surface area contributed by atoms with Gasteiger partial charge in [0.15, 0.2) is 11.5 Å². The van der Waals surface area contributed by atoms with Gasteiger partial charge in [0.2, 0.25) is 0 Å². The summed E-state index contributed by atoms with van der Waals surface area (Å²) in [6.07, 6.45) is 1.50. The summed E-state index contributed by atoms with van der Waals surface area (Å²) in [6.45, 7) is 3.87. The normalized spacial score (nSPS) is 25.2. The number of ether oxygens (including phenoxy) is 2. The Morgan fingerprint density at radius 1 is 1.35 bits per heavy atom. The second-order valence-electron chi connectivity index (χ2n) is 5.39. The highest BCUT2D eigenvalue weighted by Crippen LogP contribution is 2.39. The third-order valence-electron chi connectivity index (χ3n) is 4.06. The molecule has 0 aromatic heterocycles. The van der Waals surface area contributed by atoms with E-state index in [2.05, 4.69) is 5.32 Å². The van der Waals surface area contributed by atoms with Gasteiger partial charge in [-0.3, -0.25) is 4.79 Å². The van der Waals surface area contributed by atoms with E-state index in [1.54, 1.807) is 0 Å². The molecule has 3 rings (SSSR count). The minimum absolute atomic E-state index is 0.0771. The maximum absolute atomic E-state index is 11.1. The Balaban J connectivity index is 1.88. The van der Waals surface area contributed by atoms with Crippen molar-refractivity contribution in [3.05, 3.63) is 23.3 Å². The lowest BCUT2D eigenvalue weighted by Gasteiger charge is -2.18. The van der Waals surface area contributed by atoms with Gasteiger partial charge in [0.25, 0.3) is 0 Å². The molecular formula is C15H19NO4. The number of carboxylic acid groups (broad SMARTS) is 1. The van der Waals surface area contributed by atoms with Gasteiger partial charge in [-0.2, -0.15) is 0 Å². The fourth-order valence-corrected chi connectivity index (χ4v) is 2.93. The minimum atomic E-state index is -0.730. The van der Waals surface area contributed by atoms with Crippen molar-refractivity contribution in [2.24, 2.45) is 5.92 Å². The molecule has 20 heavy (non-hydrogen) atoms. The second kappa shape index (κ2) is 5.32. The summed E-state index contributed by atoms with van der Waals surface area (Å²) < 4.78 is 11.5. The van der Waals surface area contributed by atoms with Gasteiger partial charge in [0, 0.05) is 19.0 Å². The van der Waals surface area contributed by atoms with Crippen LogP contribution in [0.25, 0.3) is 0 Å². The van der Waals surface area contributed by atoms with Gasteiger partial charge in [-0.05, 0) is 30.5 Å². The van der Waals surface area contributed by atoms with Crippen LogP contribution in [0.2, 0.25) is 0 Å². The number of rotatable bonds is 2. The number of aliphatic carboxylic acids is 1. The molecule has 2 atom stereocenters. The van der Waals surface area contributed by atoms with Crippen molar-refractivity contribution in [2.75, 3.05) is 19.8 Å². The zero-order chi connectivity index (χ0) is 14.1. The van der Waals surface area contributed by atoms with E-state index < -0.39 is 5.97 Å². The molecule has 1 fully saturated rings. The number of carbonyl (C=O) groups is 1. The lowest BCUT2D eigenvalue weighted by atomic mass is 9.96.